The number of rotatable bonds is 3. The van der Waals surface area contributed by atoms with Crippen LogP contribution in [0.25, 0.3) is 0 Å². The van der Waals surface area contributed by atoms with Crippen LogP contribution >= 0.6 is 0 Å². The van der Waals surface area contributed by atoms with Gasteiger partial charge in [-0.15, -0.1) is 0 Å². The van der Waals surface area contributed by atoms with Gasteiger partial charge in [-0.2, -0.15) is 10.2 Å². The van der Waals surface area contributed by atoms with Crippen LogP contribution in [0.1, 0.15) is 18.5 Å². The summed E-state index contributed by atoms with van der Waals surface area (Å²) in [5, 5.41) is 7.68. The van der Waals surface area contributed by atoms with Crippen molar-refractivity contribution in [2.24, 2.45) is 5.92 Å². The molecule has 0 N–H and O–H groups in total. The van der Waals surface area contributed by atoms with Crippen LogP contribution in [0.3, 0.4) is 0 Å². The lowest BCUT2D eigenvalue weighted by molar-refractivity contribution is -0.129. The third kappa shape index (κ3) is 1.91. The second-order valence-corrected chi connectivity index (χ2v) is 4.82. The van der Waals surface area contributed by atoms with Gasteiger partial charge in [0.25, 0.3) is 0 Å². The van der Waals surface area contributed by atoms with Crippen molar-refractivity contribution < 1.29 is 9.53 Å². The van der Waals surface area contributed by atoms with Gasteiger partial charge in [0, 0.05) is 11.9 Å². The molecule has 5 heteroatoms. The minimum atomic E-state index is -0.0405. The zero-order valence-corrected chi connectivity index (χ0v) is 11.4. The van der Waals surface area contributed by atoms with Gasteiger partial charge >= 0.3 is 0 Å². The van der Waals surface area contributed by atoms with E-state index in [1.54, 1.807) is 24.4 Å². The molecular formula is C15H15N3O2. The molecule has 0 bridgehead atoms. The molecule has 1 saturated heterocycles. The highest BCUT2D eigenvalue weighted by molar-refractivity contribution is 6.02. The normalized spacial score (nSPS) is 21.5. The van der Waals surface area contributed by atoms with Gasteiger partial charge in [0.15, 0.2) is 0 Å². The quantitative estimate of drug-likeness (QED) is 0.802. The van der Waals surface area contributed by atoms with E-state index in [9.17, 15) is 4.79 Å². The van der Waals surface area contributed by atoms with Gasteiger partial charge in [0.2, 0.25) is 5.91 Å². The third-order valence-corrected chi connectivity index (χ3v) is 3.68. The molecule has 1 aliphatic rings. The molecule has 2 atom stereocenters. The van der Waals surface area contributed by atoms with Gasteiger partial charge in [-0.05, 0) is 35.9 Å². The van der Waals surface area contributed by atoms with Crippen LogP contribution in [0.4, 0.5) is 5.69 Å². The Hall–Kier alpha value is -2.43. The molecule has 102 valence electrons. The Labute approximate surface area is 117 Å². The Morgan fingerprint density at radius 2 is 1.90 bits per heavy atom. The van der Waals surface area contributed by atoms with Gasteiger partial charge < -0.3 is 9.64 Å². The van der Waals surface area contributed by atoms with E-state index in [0.717, 1.165) is 17.0 Å². The highest BCUT2D eigenvalue weighted by Crippen LogP contribution is 2.42. The average molecular weight is 269 g/mol. The van der Waals surface area contributed by atoms with E-state index in [-0.39, 0.29) is 17.9 Å². The SMILES string of the molecule is COc1ccc(N2C(=O)[C@@H](C)[C@H]2c2ccnnc2)cc1. The maximum atomic E-state index is 12.2. The predicted molar refractivity (Wildman–Crippen MR) is 74.4 cm³/mol. The van der Waals surface area contributed by atoms with Crippen LogP contribution < -0.4 is 9.64 Å². The van der Waals surface area contributed by atoms with Crippen molar-refractivity contribution in [3.8, 4) is 5.75 Å². The standard InChI is InChI=1S/C15H15N3O2/c1-10-14(11-7-8-16-17-9-11)18(15(10)19)12-3-5-13(20-2)6-4-12/h3-10,14H,1-2H3/t10-,14-/m0/s1. The zero-order valence-electron chi connectivity index (χ0n) is 11.4. The van der Waals surface area contributed by atoms with Crippen molar-refractivity contribution in [3.63, 3.8) is 0 Å². The molecule has 2 heterocycles. The van der Waals surface area contributed by atoms with Crippen molar-refractivity contribution in [1.29, 1.82) is 0 Å². The van der Waals surface area contributed by atoms with Crippen LogP contribution in [0, 0.1) is 5.92 Å². The number of ether oxygens (including phenoxy) is 1. The number of carbonyl (C=O) groups excluding carboxylic acids is 1. The summed E-state index contributed by atoms with van der Waals surface area (Å²) < 4.78 is 5.14. The lowest BCUT2D eigenvalue weighted by atomic mass is 9.84. The highest BCUT2D eigenvalue weighted by Gasteiger charge is 2.45. The largest absolute Gasteiger partial charge is 0.497 e. The highest BCUT2D eigenvalue weighted by atomic mass is 16.5. The predicted octanol–water partition coefficient (Wildman–Crippen LogP) is 2.21. The van der Waals surface area contributed by atoms with Crippen molar-refractivity contribution in [1.82, 2.24) is 10.2 Å². The molecule has 0 spiro atoms. The second kappa shape index (κ2) is 4.92. The van der Waals surface area contributed by atoms with Crippen LogP contribution in [-0.2, 0) is 4.79 Å². The molecule has 2 aromatic rings. The number of anilines is 1. The molecule has 20 heavy (non-hydrogen) atoms. The fourth-order valence-electron chi connectivity index (χ4n) is 2.58. The molecule has 0 radical (unpaired) electrons. The first-order valence-electron chi connectivity index (χ1n) is 6.46. The average Bonchev–Trinajstić information content (AvgIpc) is 2.52. The number of carbonyl (C=O) groups is 1. The van der Waals surface area contributed by atoms with Crippen LogP contribution in [0.5, 0.6) is 5.75 Å². The molecule has 1 amide bonds. The fraction of sp³-hybridized carbons (Fsp3) is 0.267. The smallest absolute Gasteiger partial charge is 0.232 e. The number of hydrogen-bond acceptors (Lipinski definition) is 4. The number of β-lactam (4-membered cyclic amide) rings is 1. The maximum absolute atomic E-state index is 12.2. The first kappa shape index (κ1) is 12.6. The summed E-state index contributed by atoms with van der Waals surface area (Å²) in [6, 6.07) is 9.42. The monoisotopic (exact) mass is 269 g/mol. The van der Waals surface area contributed by atoms with E-state index >= 15 is 0 Å². The Balaban J connectivity index is 1.92. The summed E-state index contributed by atoms with van der Waals surface area (Å²) in [6.45, 7) is 1.94. The maximum Gasteiger partial charge on any atom is 0.232 e. The van der Waals surface area contributed by atoms with Gasteiger partial charge in [-0.1, -0.05) is 6.92 Å². The van der Waals surface area contributed by atoms with E-state index < -0.39 is 0 Å². The Morgan fingerprint density at radius 1 is 1.15 bits per heavy atom. The Kier molecular flexibility index (Phi) is 3.10. The molecule has 0 aliphatic carbocycles. The van der Waals surface area contributed by atoms with Gasteiger partial charge in [-0.3, -0.25) is 4.79 Å². The number of benzene rings is 1. The number of aromatic nitrogens is 2. The number of amides is 1. The van der Waals surface area contributed by atoms with Crippen molar-refractivity contribution in [3.05, 3.63) is 48.3 Å². The molecule has 1 aliphatic heterocycles. The minimum absolute atomic E-state index is 0.0198. The first-order chi connectivity index (χ1) is 9.72. The Morgan fingerprint density at radius 3 is 2.50 bits per heavy atom. The number of hydrogen-bond donors (Lipinski definition) is 0. The summed E-state index contributed by atoms with van der Waals surface area (Å²) >= 11 is 0. The number of nitrogens with zero attached hydrogens (tertiary/aromatic N) is 3. The molecule has 1 aromatic carbocycles. The molecule has 0 unspecified atom stereocenters. The van der Waals surface area contributed by atoms with Crippen molar-refractivity contribution >= 4 is 11.6 Å². The molecule has 3 rings (SSSR count). The zero-order chi connectivity index (χ0) is 14.1. The molecule has 1 fully saturated rings. The van der Waals surface area contributed by atoms with E-state index in [4.69, 9.17) is 4.74 Å². The molecule has 0 saturated carbocycles. The summed E-state index contributed by atoms with van der Waals surface area (Å²) in [6.07, 6.45) is 3.36. The lowest BCUT2D eigenvalue weighted by Gasteiger charge is -2.45. The number of methoxy groups -OCH3 is 1. The van der Waals surface area contributed by atoms with Crippen LogP contribution in [0.15, 0.2) is 42.7 Å². The molecule has 5 nitrogen and oxygen atoms in total. The molecule has 1 aromatic heterocycles. The van der Waals surface area contributed by atoms with E-state index in [1.807, 2.05) is 37.3 Å². The minimum Gasteiger partial charge on any atom is -0.497 e. The van der Waals surface area contributed by atoms with Gasteiger partial charge in [-0.25, -0.2) is 0 Å². The lowest BCUT2D eigenvalue weighted by Crippen LogP contribution is -2.54. The summed E-state index contributed by atoms with van der Waals surface area (Å²) in [5.41, 5.74) is 1.87. The topological polar surface area (TPSA) is 55.3 Å². The molecular weight excluding hydrogens is 254 g/mol. The van der Waals surface area contributed by atoms with E-state index in [2.05, 4.69) is 10.2 Å². The van der Waals surface area contributed by atoms with E-state index in [1.165, 1.54) is 0 Å². The van der Waals surface area contributed by atoms with Crippen molar-refractivity contribution in [2.75, 3.05) is 12.0 Å². The summed E-state index contributed by atoms with van der Waals surface area (Å²) in [4.78, 5) is 14.0. The summed E-state index contributed by atoms with van der Waals surface area (Å²) in [5.74, 6) is 0.857. The summed E-state index contributed by atoms with van der Waals surface area (Å²) in [7, 11) is 1.62. The first-order valence-corrected chi connectivity index (χ1v) is 6.46. The fourth-order valence-corrected chi connectivity index (χ4v) is 2.58. The van der Waals surface area contributed by atoms with Gasteiger partial charge in [0.1, 0.15) is 5.75 Å². The van der Waals surface area contributed by atoms with Gasteiger partial charge in [0.05, 0.1) is 25.3 Å². The van der Waals surface area contributed by atoms with Crippen LogP contribution in [-0.4, -0.2) is 23.2 Å². The second-order valence-electron chi connectivity index (χ2n) is 4.82. The third-order valence-electron chi connectivity index (χ3n) is 3.68. The van der Waals surface area contributed by atoms with Crippen molar-refractivity contribution in [2.45, 2.75) is 13.0 Å². The Bertz CT molecular complexity index is 613. The van der Waals surface area contributed by atoms with Crippen LogP contribution in [0.2, 0.25) is 0 Å². The van der Waals surface area contributed by atoms with E-state index in [0.29, 0.717) is 0 Å².